The van der Waals surface area contributed by atoms with Crippen LogP contribution in [0, 0.1) is 6.92 Å². The Morgan fingerprint density at radius 1 is 1.43 bits per heavy atom. The van der Waals surface area contributed by atoms with Crippen molar-refractivity contribution >= 4 is 23.2 Å². The summed E-state index contributed by atoms with van der Waals surface area (Å²) in [6.45, 7) is 1.97. The minimum absolute atomic E-state index is 0.0318. The molecule has 0 radical (unpaired) electrons. The normalized spacial score (nSPS) is 16.8. The number of hydrogen-bond donors (Lipinski definition) is 2. The first-order valence-electron chi connectivity index (χ1n) is 7.43. The second-order valence-electron chi connectivity index (χ2n) is 5.82. The Balaban J connectivity index is 1.78. The van der Waals surface area contributed by atoms with Crippen LogP contribution in [0.1, 0.15) is 55.6 Å². The van der Waals surface area contributed by atoms with Crippen LogP contribution in [-0.2, 0) is 16.0 Å². The molecule has 5 nitrogen and oxygen atoms in total. The first-order valence-corrected chi connectivity index (χ1v) is 8.31. The van der Waals surface area contributed by atoms with Gasteiger partial charge in [0.2, 0.25) is 5.91 Å². The largest absolute Gasteiger partial charge is 0.481 e. The molecule has 1 aliphatic rings. The Labute approximate surface area is 128 Å². The van der Waals surface area contributed by atoms with Crippen molar-refractivity contribution in [2.45, 2.75) is 63.8 Å². The van der Waals surface area contributed by atoms with Gasteiger partial charge in [0.15, 0.2) is 0 Å². The summed E-state index contributed by atoms with van der Waals surface area (Å²) in [7, 11) is 0. The van der Waals surface area contributed by atoms with Crippen LogP contribution < -0.4 is 5.32 Å². The maximum Gasteiger partial charge on any atom is 0.305 e. The predicted octanol–water partition coefficient (Wildman–Crippen LogP) is 2.68. The van der Waals surface area contributed by atoms with E-state index in [4.69, 9.17) is 5.11 Å². The lowest BCUT2D eigenvalue weighted by Gasteiger charge is -2.28. The molecule has 1 aromatic rings. The van der Waals surface area contributed by atoms with Crippen molar-refractivity contribution in [3.8, 4) is 0 Å². The fraction of sp³-hybridized carbons (Fsp3) is 0.667. The number of nitrogens with zero attached hydrogens (tertiary/aromatic N) is 1. The number of aromatic nitrogens is 1. The van der Waals surface area contributed by atoms with E-state index in [2.05, 4.69) is 10.3 Å². The molecule has 2 rings (SSSR count). The molecule has 0 unspecified atom stereocenters. The molecule has 0 bridgehead atoms. The van der Waals surface area contributed by atoms with Crippen molar-refractivity contribution in [2.24, 2.45) is 0 Å². The zero-order valence-corrected chi connectivity index (χ0v) is 13.2. The number of carbonyl (C=O) groups excluding carboxylic acids is 1. The monoisotopic (exact) mass is 310 g/mol. The number of thiazole rings is 1. The van der Waals surface area contributed by atoms with Gasteiger partial charge in [-0.2, -0.15) is 0 Å². The number of rotatable bonds is 7. The van der Waals surface area contributed by atoms with E-state index in [1.807, 2.05) is 12.3 Å². The van der Waals surface area contributed by atoms with E-state index in [-0.39, 0.29) is 12.3 Å². The molecule has 1 aromatic heterocycles. The molecule has 1 fully saturated rings. The third-order valence-electron chi connectivity index (χ3n) is 3.96. The number of hydrogen-bond acceptors (Lipinski definition) is 4. The van der Waals surface area contributed by atoms with Crippen LogP contribution >= 0.6 is 11.3 Å². The molecule has 1 amide bonds. The highest BCUT2D eigenvalue weighted by molar-refractivity contribution is 7.09. The van der Waals surface area contributed by atoms with Gasteiger partial charge >= 0.3 is 5.97 Å². The SMILES string of the molecule is Cc1nc(CCCC(=O)NC2(CC(=O)O)CCCC2)cs1. The van der Waals surface area contributed by atoms with Crippen molar-refractivity contribution in [1.82, 2.24) is 10.3 Å². The first-order chi connectivity index (χ1) is 9.99. The zero-order valence-electron chi connectivity index (χ0n) is 12.4. The van der Waals surface area contributed by atoms with Crippen LogP contribution in [0.4, 0.5) is 0 Å². The van der Waals surface area contributed by atoms with Gasteiger partial charge in [-0.25, -0.2) is 4.98 Å². The van der Waals surface area contributed by atoms with Crippen LogP contribution in [0.2, 0.25) is 0 Å². The van der Waals surface area contributed by atoms with Crippen molar-refractivity contribution < 1.29 is 14.7 Å². The molecular formula is C15H22N2O3S. The van der Waals surface area contributed by atoms with Crippen LogP contribution in [0.25, 0.3) is 0 Å². The molecule has 0 saturated heterocycles. The van der Waals surface area contributed by atoms with Crippen molar-refractivity contribution in [1.29, 1.82) is 0 Å². The van der Waals surface area contributed by atoms with Gasteiger partial charge in [-0.1, -0.05) is 12.8 Å². The molecular weight excluding hydrogens is 288 g/mol. The van der Waals surface area contributed by atoms with Crippen LogP contribution in [0.5, 0.6) is 0 Å². The van der Waals surface area contributed by atoms with Gasteiger partial charge in [0, 0.05) is 11.8 Å². The van der Waals surface area contributed by atoms with E-state index in [9.17, 15) is 9.59 Å². The quantitative estimate of drug-likeness (QED) is 0.811. The molecule has 1 saturated carbocycles. The number of carboxylic acid groups (broad SMARTS) is 1. The number of nitrogens with one attached hydrogen (secondary N) is 1. The van der Waals surface area contributed by atoms with E-state index in [0.717, 1.165) is 49.2 Å². The maximum atomic E-state index is 12.1. The topological polar surface area (TPSA) is 79.3 Å². The zero-order chi connectivity index (χ0) is 15.3. The van der Waals surface area contributed by atoms with Gasteiger partial charge in [-0.05, 0) is 32.6 Å². The summed E-state index contributed by atoms with van der Waals surface area (Å²) in [5, 5.41) is 15.1. The molecule has 0 spiro atoms. The highest BCUT2D eigenvalue weighted by atomic mass is 32.1. The summed E-state index contributed by atoms with van der Waals surface area (Å²) in [5.74, 6) is -0.875. The van der Waals surface area contributed by atoms with Crippen LogP contribution in [0.15, 0.2) is 5.38 Å². The smallest absolute Gasteiger partial charge is 0.305 e. The minimum Gasteiger partial charge on any atom is -0.481 e. The van der Waals surface area contributed by atoms with E-state index < -0.39 is 11.5 Å². The van der Waals surface area contributed by atoms with Gasteiger partial charge in [0.1, 0.15) is 0 Å². The molecule has 0 aliphatic heterocycles. The first kappa shape index (κ1) is 15.9. The molecule has 1 heterocycles. The third kappa shape index (κ3) is 4.81. The van der Waals surface area contributed by atoms with Crippen molar-refractivity contribution in [2.75, 3.05) is 0 Å². The van der Waals surface area contributed by atoms with E-state index in [1.54, 1.807) is 11.3 Å². The lowest BCUT2D eigenvalue weighted by Crippen LogP contribution is -2.47. The van der Waals surface area contributed by atoms with E-state index in [0.29, 0.717) is 6.42 Å². The van der Waals surface area contributed by atoms with Crippen LogP contribution in [0.3, 0.4) is 0 Å². The van der Waals surface area contributed by atoms with Crippen molar-refractivity contribution in [3.05, 3.63) is 16.1 Å². The Morgan fingerprint density at radius 2 is 2.14 bits per heavy atom. The second-order valence-corrected chi connectivity index (χ2v) is 6.88. The Bertz CT molecular complexity index is 507. The fourth-order valence-corrected chi connectivity index (χ4v) is 3.65. The minimum atomic E-state index is -0.838. The number of carboxylic acids is 1. The molecule has 2 N–H and O–H groups in total. The number of carbonyl (C=O) groups is 2. The van der Waals surface area contributed by atoms with Gasteiger partial charge in [-0.15, -0.1) is 11.3 Å². The Kier molecular flexibility index (Phi) is 5.33. The summed E-state index contributed by atoms with van der Waals surface area (Å²) >= 11 is 1.62. The summed E-state index contributed by atoms with van der Waals surface area (Å²) < 4.78 is 0. The number of aliphatic carboxylic acids is 1. The molecule has 6 heteroatoms. The molecule has 21 heavy (non-hydrogen) atoms. The predicted molar refractivity (Wildman–Crippen MR) is 81.4 cm³/mol. The average molecular weight is 310 g/mol. The Morgan fingerprint density at radius 3 is 2.71 bits per heavy atom. The molecule has 1 aliphatic carbocycles. The third-order valence-corrected chi connectivity index (χ3v) is 4.78. The Hall–Kier alpha value is -1.43. The number of amides is 1. The van der Waals surface area contributed by atoms with Gasteiger partial charge in [0.05, 0.1) is 22.7 Å². The molecule has 0 atom stereocenters. The van der Waals surface area contributed by atoms with Gasteiger partial charge in [0.25, 0.3) is 0 Å². The lowest BCUT2D eigenvalue weighted by atomic mass is 9.93. The highest BCUT2D eigenvalue weighted by Gasteiger charge is 2.37. The van der Waals surface area contributed by atoms with Crippen molar-refractivity contribution in [3.63, 3.8) is 0 Å². The van der Waals surface area contributed by atoms with Crippen LogP contribution in [-0.4, -0.2) is 27.5 Å². The summed E-state index contributed by atoms with van der Waals surface area (Å²) in [5.41, 5.74) is 0.520. The molecule has 0 aromatic carbocycles. The fourth-order valence-electron chi connectivity index (χ4n) is 3.00. The molecule has 116 valence electrons. The maximum absolute atomic E-state index is 12.1. The lowest BCUT2D eigenvalue weighted by molar-refractivity contribution is -0.139. The summed E-state index contributed by atoms with van der Waals surface area (Å²) in [4.78, 5) is 27.4. The van der Waals surface area contributed by atoms with Gasteiger partial charge in [-0.3, -0.25) is 9.59 Å². The van der Waals surface area contributed by atoms with Gasteiger partial charge < -0.3 is 10.4 Å². The second kappa shape index (κ2) is 7.02. The van der Waals surface area contributed by atoms with E-state index in [1.165, 1.54) is 0 Å². The highest BCUT2D eigenvalue weighted by Crippen LogP contribution is 2.32. The summed E-state index contributed by atoms with van der Waals surface area (Å²) in [6, 6.07) is 0. The standard InChI is InChI=1S/C15H22N2O3S/c1-11-16-12(10-21-11)5-4-6-13(18)17-15(9-14(19)20)7-2-3-8-15/h10H,2-9H2,1H3,(H,17,18)(H,19,20). The average Bonchev–Trinajstić information content (AvgIpc) is 2.98. The van der Waals surface area contributed by atoms with E-state index >= 15 is 0 Å². The number of aryl methyl sites for hydroxylation is 2. The summed E-state index contributed by atoms with van der Waals surface area (Å²) in [6.07, 6.45) is 5.54.